The summed E-state index contributed by atoms with van der Waals surface area (Å²) in [6, 6.07) is 19.9. The number of unbranched alkanes of at least 4 members (excludes halogenated alkanes) is 2. The molecule has 3 aromatic rings. The van der Waals surface area contributed by atoms with Crippen LogP contribution in [0.3, 0.4) is 0 Å². The van der Waals surface area contributed by atoms with Crippen molar-refractivity contribution >= 4 is 41.0 Å². The quantitative estimate of drug-likeness (QED) is 0.112. The molecular formula is C34H40Cl2N4O4. The van der Waals surface area contributed by atoms with E-state index in [9.17, 15) is 9.59 Å². The van der Waals surface area contributed by atoms with Gasteiger partial charge in [-0.15, -0.1) is 0 Å². The third-order valence-corrected chi connectivity index (χ3v) is 8.08. The summed E-state index contributed by atoms with van der Waals surface area (Å²) in [6.45, 7) is 9.24. The van der Waals surface area contributed by atoms with Gasteiger partial charge in [0.2, 0.25) is 5.91 Å². The van der Waals surface area contributed by atoms with E-state index in [-0.39, 0.29) is 17.9 Å². The van der Waals surface area contributed by atoms with E-state index in [2.05, 4.69) is 32.2 Å². The second-order valence-corrected chi connectivity index (χ2v) is 12.7. The Kier molecular flexibility index (Phi) is 11.3. The molecule has 1 aliphatic rings. The van der Waals surface area contributed by atoms with Crippen molar-refractivity contribution in [3.05, 3.63) is 99.0 Å². The molecule has 0 aromatic heterocycles. The molecule has 0 saturated heterocycles. The number of aliphatic imine (C=N–C) groups is 1. The van der Waals surface area contributed by atoms with Gasteiger partial charge in [-0.05, 0) is 78.3 Å². The highest BCUT2D eigenvalue weighted by molar-refractivity contribution is 6.30. The number of rotatable bonds is 11. The van der Waals surface area contributed by atoms with Gasteiger partial charge in [0.05, 0.1) is 18.2 Å². The number of nitrogens with zero attached hydrogens (tertiary/aromatic N) is 2. The van der Waals surface area contributed by atoms with Gasteiger partial charge in [-0.1, -0.05) is 80.7 Å². The van der Waals surface area contributed by atoms with E-state index >= 15 is 0 Å². The van der Waals surface area contributed by atoms with Gasteiger partial charge in [0.15, 0.2) is 0 Å². The Balaban J connectivity index is 1.76. The number of urea groups is 1. The molecule has 0 saturated carbocycles. The Morgan fingerprint density at radius 3 is 2.16 bits per heavy atom. The lowest BCUT2D eigenvalue weighted by Crippen LogP contribution is -2.44. The first-order valence-electron chi connectivity index (χ1n) is 14.9. The van der Waals surface area contributed by atoms with Crippen LogP contribution in [0.15, 0.2) is 71.7 Å². The van der Waals surface area contributed by atoms with Crippen molar-refractivity contribution in [3.8, 4) is 5.75 Å². The monoisotopic (exact) mass is 638 g/mol. The van der Waals surface area contributed by atoms with Gasteiger partial charge in [0, 0.05) is 23.0 Å². The van der Waals surface area contributed by atoms with E-state index in [1.165, 1.54) is 0 Å². The van der Waals surface area contributed by atoms with E-state index in [0.717, 1.165) is 22.3 Å². The Hall–Kier alpha value is -3.59. The molecule has 3 amide bonds. The lowest BCUT2D eigenvalue weighted by Gasteiger charge is -2.30. The third-order valence-electron chi connectivity index (χ3n) is 7.58. The number of hydroxylamine groups is 1. The molecule has 1 aliphatic heterocycles. The minimum atomic E-state index is -0.478. The highest BCUT2D eigenvalue weighted by Crippen LogP contribution is 2.45. The van der Waals surface area contributed by atoms with E-state index in [1.54, 1.807) is 10.4 Å². The maximum atomic E-state index is 14.1. The SMILES string of the molecule is CCOc1cc(C(C)(C)C)ccc1C1=NC(c2ccc(Cl)cc2)C(c2ccc(Cl)cc2)N1C(=O)NCCCCCC(=O)NO. The van der Waals surface area contributed by atoms with Crippen molar-refractivity contribution in [1.29, 1.82) is 0 Å². The number of amides is 3. The summed E-state index contributed by atoms with van der Waals surface area (Å²) < 4.78 is 6.16. The van der Waals surface area contributed by atoms with Crippen LogP contribution in [0.4, 0.5) is 4.79 Å². The molecule has 2 atom stereocenters. The minimum absolute atomic E-state index is 0.103. The number of carbonyl (C=O) groups is 2. The zero-order chi connectivity index (χ0) is 31.9. The van der Waals surface area contributed by atoms with Gasteiger partial charge < -0.3 is 10.1 Å². The van der Waals surface area contributed by atoms with Crippen molar-refractivity contribution in [2.45, 2.75) is 70.9 Å². The second kappa shape index (κ2) is 14.9. The van der Waals surface area contributed by atoms with E-state index in [0.29, 0.717) is 54.0 Å². The summed E-state index contributed by atoms with van der Waals surface area (Å²) in [6.07, 6.45) is 2.20. The fourth-order valence-corrected chi connectivity index (χ4v) is 5.49. The first-order chi connectivity index (χ1) is 21.0. The molecule has 1 heterocycles. The number of amidine groups is 1. The van der Waals surface area contributed by atoms with E-state index < -0.39 is 18.0 Å². The van der Waals surface area contributed by atoms with Crippen LogP contribution in [0.2, 0.25) is 10.0 Å². The predicted octanol–water partition coefficient (Wildman–Crippen LogP) is 8.01. The number of halogens is 2. The molecule has 0 spiro atoms. The average molecular weight is 640 g/mol. The number of benzene rings is 3. The van der Waals surface area contributed by atoms with Crippen molar-refractivity contribution in [2.24, 2.45) is 4.99 Å². The number of hydrogen-bond acceptors (Lipinski definition) is 5. The van der Waals surface area contributed by atoms with E-state index in [4.69, 9.17) is 38.1 Å². The second-order valence-electron chi connectivity index (χ2n) is 11.8. The summed E-state index contributed by atoms with van der Waals surface area (Å²) in [5, 5.41) is 13.0. The molecule has 10 heteroatoms. The molecule has 0 bridgehead atoms. The third kappa shape index (κ3) is 8.11. The van der Waals surface area contributed by atoms with Gasteiger partial charge in [0.25, 0.3) is 0 Å². The van der Waals surface area contributed by atoms with Crippen LogP contribution < -0.4 is 15.5 Å². The fourth-order valence-electron chi connectivity index (χ4n) is 5.24. The highest BCUT2D eigenvalue weighted by atomic mass is 35.5. The highest BCUT2D eigenvalue weighted by Gasteiger charge is 2.43. The summed E-state index contributed by atoms with van der Waals surface area (Å²) in [4.78, 5) is 32.4. The van der Waals surface area contributed by atoms with Crippen LogP contribution in [0.5, 0.6) is 5.75 Å². The van der Waals surface area contributed by atoms with Crippen molar-refractivity contribution in [3.63, 3.8) is 0 Å². The summed E-state index contributed by atoms with van der Waals surface area (Å²) in [5.74, 6) is 0.741. The van der Waals surface area contributed by atoms with Gasteiger partial charge in [0.1, 0.15) is 17.6 Å². The summed E-state index contributed by atoms with van der Waals surface area (Å²) in [7, 11) is 0. The van der Waals surface area contributed by atoms with E-state index in [1.807, 2.05) is 67.6 Å². The van der Waals surface area contributed by atoms with Crippen LogP contribution in [-0.4, -0.2) is 41.0 Å². The Bertz CT molecular complexity index is 1470. The molecule has 3 aromatic carbocycles. The predicted molar refractivity (Wildman–Crippen MR) is 175 cm³/mol. The normalized spacial score (nSPS) is 16.4. The lowest BCUT2D eigenvalue weighted by molar-refractivity contribution is -0.129. The van der Waals surface area contributed by atoms with Crippen LogP contribution in [0.25, 0.3) is 0 Å². The number of carbonyl (C=O) groups excluding carboxylic acids is 2. The molecule has 0 radical (unpaired) electrons. The van der Waals surface area contributed by atoms with Gasteiger partial charge in [-0.3, -0.25) is 19.9 Å². The lowest BCUT2D eigenvalue weighted by atomic mass is 9.86. The fraction of sp³-hybridized carbons (Fsp3) is 0.382. The van der Waals surface area contributed by atoms with Gasteiger partial charge in [-0.2, -0.15) is 0 Å². The number of hydrogen-bond donors (Lipinski definition) is 3. The van der Waals surface area contributed by atoms with Crippen molar-refractivity contribution < 1.29 is 19.5 Å². The molecule has 0 fully saturated rings. The maximum Gasteiger partial charge on any atom is 0.323 e. The molecule has 234 valence electrons. The zero-order valence-corrected chi connectivity index (χ0v) is 27.1. The molecule has 44 heavy (non-hydrogen) atoms. The van der Waals surface area contributed by atoms with Crippen molar-refractivity contribution in [1.82, 2.24) is 15.7 Å². The number of nitrogens with one attached hydrogen (secondary N) is 2. The standard InChI is InChI=1S/C34H40Cl2N4O4/c1-5-44-28-21-24(34(2,3)4)14-19-27(28)32-38-30(22-10-15-25(35)16-11-22)31(23-12-17-26(36)18-13-23)40(32)33(42)37-20-8-6-7-9-29(41)39-43/h10-19,21,30-31,43H,5-9,20H2,1-4H3,(H,37,42)(H,39,41). The van der Waals surface area contributed by atoms with Crippen molar-refractivity contribution in [2.75, 3.05) is 13.2 Å². The van der Waals surface area contributed by atoms with Gasteiger partial charge >= 0.3 is 6.03 Å². The van der Waals surface area contributed by atoms with Crippen LogP contribution >= 0.6 is 23.2 Å². The Morgan fingerprint density at radius 1 is 0.932 bits per heavy atom. The largest absolute Gasteiger partial charge is 0.493 e. The Labute approximate surface area is 269 Å². The molecule has 2 unspecified atom stereocenters. The minimum Gasteiger partial charge on any atom is -0.493 e. The molecule has 8 nitrogen and oxygen atoms in total. The zero-order valence-electron chi connectivity index (χ0n) is 25.6. The smallest absolute Gasteiger partial charge is 0.323 e. The van der Waals surface area contributed by atoms with Crippen LogP contribution in [0.1, 0.15) is 87.7 Å². The summed E-state index contributed by atoms with van der Waals surface area (Å²) in [5.41, 5.74) is 5.16. The summed E-state index contributed by atoms with van der Waals surface area (Å²) >= 11 is 12.5. The molecule has 3 N–H and O–H groups in total. The molecule has 4 rings (SSSR count). The Morgan fingerprint density at radius 2 is 1.57 bits per heavy atom. The average Bonchev–Trinajstić information content (AvgIpc) is 3.39. The first-order valence-corrected chi connectivity index (χ1v) is 15.7. The van der Waals surface area contributed by atoms with Crippen LogP contribution in [0, 0.1) is 0 Å². The van der Waals surface area contributed by atoms with Crippen LogP contribution in [-0.2, 0) is 10.2 Å². The van der Waals surface area contributed by atoms with Gasteiger partial charge in [-0.25, -0.2) is 10.3 Å². The topological polar surface area (TPSA) is 103 Å². The number of ether oxygens (including phenoxy) is 1. The maximum absolute atomic E-state index is 14.1. The first kappa shape index (κ1) is 33.3. The molecule has 0 aliphatic carbocycles. The molecular weight excluding hydrogens is 599 g/mol.